The molecule has 1 atom stereocenters. The highest BCUT2D eigenvalue weighted by molar-refractivity contribution is 6.32. The van der Waals surface area contributed by atoms with Crippen LogP contribution in [0.25, 0.3) is 11.1 Å². The first-order chi connectivity index (χ1) is 14.5. The maximum Gasteiger partial charge on any atom is 0.418 e. The maximum atomic E-state index is 13.6. The van der Waals surface area contributed by atoms with Gasteiger partial charge in [0.25, 0.3) is 0 Å². The third-order valence-electron chi connectivity index (χ3n) is 5.55. The molecule has 1 N–H and O–H groups in total. The van der Waals surface area contributed by atoms with Crippen LogP contribution in [0, 0.1) is 5.92 Å². The summed E-state index contributed by atoms with van der Waals surface area (Å²) in [6.07, 6.45) is -3.03. The lowest BCUT2D eigenvalue weighted by Gasteiger charge is -2.24. The van der Waals surface area contributed by atoms with E-state index in [1.54, 1.807) is 23.1 Å². The van der Waals surface area contributed by atoms with Crippen molar-refractivity contribution in [3.63, 3.8) is 0 Å². The molecule has 1 unspecified atom stereocenters. The summed E-state index contributed by atoms with van der Waals surface area (Å²) in [5, 5.41) is 8.80. The Kier molecular flexibility index (Phi) is 6.65. The fraction of sp³-hybridized carbons (Fsp3) is 0.391. The molecule has 1 saturated carbocycles. The lowest BCUT2D eigenvalue weighted by atomic mass is 9.90. The second-order valence-electron chi connectivity index (χ2n) is 7.76. The number of hydrogen-bond donors (Lipinski definition) is 1. The third kappa shape index (κ3) is 5.03. The predicted octanol–water partition coefficient (Wildman–Crippen LogP) is 5.97. The van der Waals surface area contributed by atoms with Gasteiger partial charge in [-0.05, 0) is 61.1 Å². The summed E-state index contributed by atoms with van der Waals surface area (Å²) in [4.78, 5) is 25.7. The molecule has 8 heteroatoms. The number of carbonyl (C=O) groups is 2. The molecule has 1 aliphatic rings. The van der Waals surface area contributed by atoms with Crippen LogP contribution in [0.5, 0.6) is 0 Å². The number of alkyl halides is 3. The summed E-state index contributed by atoms with van der Waals surface area (Å²) in [5.41, 5.74) is 0.219. The number of hydrogen-bond acceptors (Lipinski definition) is 2. The van der Waals surface area contributed by atoms with Crippen molar-refractivity contribution in [3.05, 3.63) is 58.1 Å². The van der Waals surface area contributed by atoms with Crippen LogP contribution in [0.2, 0.25) is 5.02 Å². The van der Waals surface area contributed by atoms with Crippen LogP contribution < -0.4 is 0 Å². The second kappa shape index (κ2) is 8.91. The molecule has 0 heterocycles. The molecule has 166 valence electrons. The molecule has 1 amide bonds. The van der Waals surface area contributed by atoms with Crippen LogP contribution in [0.4, 0.5) is 13.2 Å². The van der Waals surface area contributed by atoms with Gasteiger partial charge >= 0.3 is 12.1 Å². The molecule has 0 saturated heterocycles. The minimum Gasteiger partial charge on any atom is -0.481 e. The Morgan fingerprint density at radius 1 is 1.23 bits per heavy atom. The molecule has 31 heavy (non-hydrogen) atoms. The number of amides is 1. The molecule has 0 aliphatic heterocycles. The van der Waals surface area contributed by atoms with Crippen molar-refractivity contribution < 1.29 is 27.9 Å². The van der Waals surface area contributed by atoms with E-state index in [0.29, 0.717) is 24.2 Å². The fourth-order valence-electron chi connectivity index (χ4n) is 3.64. The van der Waals surface area contributed by atoms with Crippen molar-refractivity contribution in [1.29, 1.82) is 0 Å². The number of halogens is 4. The highest BCUT2D eigenvalue weighted by Crippen LogP contribution is 2.43. The van der Waals surface area contributed by atoms with Crippen molar-refractivity contribution in [2.45, 2.75) is 45.3 Å². The zero-order valence-electron chi connectivity index (χ0n) is 17.2. The predicted molar refractivity (Wildman–Crippen MR) is 112 cm³/mol. The van der Waals surface area contributed by atoms with E-state index in [0.717, 1.165) is 18.4 Å². The van der Waals surface area contributed by atoms with Gasteiger partial charge in [0.1, 0.15) is 0 Å². The fourth-order valence-corrected chi connectivity index (χ4v) is 3.97. The van der Waals surface area contributed by atoms with Gasteiger partial charge in [-0.25, -0.2) is 0 Å². The smallest absolute Gasteiger partial charge is 0.418 e. The minimum atomic E-state index is -4.79. The first-order valence-corrected chi connectivity index (χ1v) is 10.4. The average Bonchev–Trinajstić information content (AvgIpc) is 3.54. The van der Waals surface area contributed by atoms with E-state index < -0.39 is 34.2 Å². The van der Waals surface area contributed by atoms with E-state index >= 15 is 0 Å². The van der Waals surface area contributed by atoms with Gasteiger partial charge in [0.2, 0.25) is 5.91 Å². The topological polar surface area (TPSA) is 57.6 Å². The summed E-state index contributed by atoms with van der Waals surface area (Å²) in [6.45, 7) is 3.90. The van der Waals surface area contributed by atoms with Crippen molar-refractivity contribution in [3.8, 4) is 11.1 Å². The minimum absolute atomic E-state index is 0.0515. The van der Waals surface area contributed by atoms with E-state index in [4.69, 9.17) is 11.6 Å². The maximum absolute atomic E-state index is 13.6. The van der Waals surface area contributed by atoms with E-state index in [1.165, 1.54) is 19.1 Å². The molecular weight excluding hydrogens is 431 g/mol. The highest BCUT2D eigenvalue weighted by Gasteiger charge is 2.39. The van der Waals surface area contributed by atoms with Crippen LogP contribution in [0.15, 0.2) is 36.4 Å². The monoisotopic (exact) mass is 453 g/mol. The Bertz CT molecular complexity index is 1000. The molecule has 0 bridgehead atoms. The van der Waals surface area contributed by atoms with Gasteiger partial charge in [-0.15, -0.1) is 0 Å². The number of benzene rings is 2. The average molecular weight is 454 g/mol. The van der Waals surface area contributed by atoms with E-state index in [-0.39, 0.29) is 11.8 Å². The Balaban J connectivity index is 2.09. The number of aliphatic carboxylic acids is 1. The number of carboxylic acid groups (broad SMARTS) is 1. The molecule has 1 aliphatic carbocycles. The second-order valence-corrected chi connectivity index (χ2v) is 8.17. The third-order valence-corrected chi connectivity index (χ3v) is 5.85. The molecule has 1 fully saturated rings. The zero-order chi connectivity index (χ0) is 22.9. The Morgan fingerprint density at radius 2 is 1.87 bits per heavy atom. The van der Waals surface area contributed by atoms with Gasteiger partial charge in [-0.3, -0.25) is 9.59 Å². The van der Waals surface area contributed by atoms with Crippen LogP contribution >= 0.6 is 11.6 Å². The summed E-state index contributed by atoms with van der Waals surface area (Å²) in [6, 6.07) is 9.53. The molecular formula is C23H23ClF3NO3. The van der Waals surface area contributed by atoms with Crippen molar-refractivity contribution in [2.75, 3.05) is 6.54 Å². The summed E-state index contributed by atoms with van der Waals surface area (Å²) in [7, 11) is 0. The zero-order valence-corrected chi connectivity index (χ0v) is 17.9. The summed E-state index contributed by atoms with van der Waals surface area (Å²) >= 11 is 6.03. The van der Waals surface area contributed by atoms with Crippen LogP contribution in [-0.2, 0) is 22.3 Å². The van der Waals surface area contributed by atoms with E-state index in [9.17, 15) is 27.9 Å². The molecule has 4 nitrogen and oxygen atoms in total. The summed E-state index contributed by atoms with van der Waals surface area (Å²) in [5.74, 6) is -2.65. The van der Waals surface area contributed by atoms with E-state index in [2.05, 4.69) is 0 Å². The van der Waals surface area contributed by atoms with E-state index in [1.807, 2.05) is 13.0 Å². The van der Waals surface area contributed by atoms with Gasteiger partial charge in [0, 0.05) is 19.0 Å². The molecule has 2 aromatic rings. The quantitative estimate of drug-likeness (QED) is 0.561. The molecule has 2 aromatic carbocycles. The number of carboxylic acids is 1. The number of carbonyl (C=O) groups excluding carboxylic acids is 1. The normalized spacial score (nSPS) is 14.9. The molecule has 3 rings (SSSR count). The van der Waals surface area contributed by atoms with Gasteiger partial charge in [0.05, 0.1) is 16.5 Å². The van der Waals surface area contributed by atoms with Crippen LogP contribution in [0.3, 0.4) is 0 Å². The van der Waals surface area contributed by atoms with Gasteiger partial charge in [-0.2, -0.15) is 13.2 Å². The Hall–Kier alpha value is -2.54. The first kappa shape index (κ1) is 23.1. The van der Waals surface area contributed by atoms with Crippen molar-refractivity contribution in [1.82, 2.24) is 4.90 Å². The molecule has 0 aromatic heterocycles. The SMILES string of the molecule is CCN(Cc1ccccc1-c1cc(Cl)c(C(F)(F)F)c(C(C)C(=O)O)c1)C(=O)C1CC1. The van der Waals surface area contributed by atoms with Gasteiger partial charge in [0.15, 0.2) is 0 Å². The van der Waals surface area contributed by atoms with Gasteiger partial charge < -0.3 is 10.0 Å². The Labute approximate surface area is 183 Å². The summed E-state index contributed by atoms with van der Waals surface area (Å²) < 4.78 is 40.8. The highest BCUT2D eigenvalue weighted by atomic mass is 35.5. The molecule has 0 radical (unpaired) electrons. The Morgan fingerprint density at radius 3 is 2.42 bits per heavy atom. The van der Waals surface area contributed by atoms with Crippen LogP contribution in [-0.4, -0.2) is 28.4 Å². The largest absolute Gasteiger partial charge is 0.481 e. The lowest BCUT2D eigenvalue weighted by Crippen LogP contribution is -2.31. The number of rotatable bonds is 7. The number of nitrogens with zero attached hydrogens (tertiary/aromatic N) is 1. The van der Waals surface area contributed by atoms with Crippen molar-refractivity contribution >= 4 is 23.5 Å². The molecule has 0 spiro atoms. The lowest BCUT2D eigenvalue weighted by molar-refractivity contribution is -0.141. The first-order valence-electron chi connectivity index (χ1n) is 10.0. The van der Waals surface area contributed by atoms with Crippen molar-refractivity contribution in [2.24, 2.45) is 5.92 Å². The standard InChI is InChI=1S/C23H23ClF3NO3/c1-3-28(21(29)14-8-9-14)12-15-6-4-5-7-17(15)16-10-18(13(2)22(30)31)20(19(24)11-16)23(25,26)27/h4-7,10-11,13-14H,3,8-9,12H2,1-2H3,(H,30,31). The van der Waals surface area contributed by atoms with Gasteiger partial charge in [-0.1, -0.05) is 35.9 Å². The van der Waals surface area contributed by atoms with Crippen LogP contribution in [0.1, 0.15) is 49.3 Å².